The lowest BCUT2D eigenvalue weighted by molar-refractivity contribution is 0.354. The maximum atomic E-state index is 5.39. The standard InChI is InChI=1S/C19H24O4/c1-13-10-17(21-3)19(23-5)12-15(13)8-6-14-7-9-16(20-2)18(11-14)22-4/h7,9-12H,6,8H2,1-5H3. The molecule has 0 N–H and O–H groups in total. The summed E-state index contributed by atoms with van der Waals surface area (Å²) in [6.07, 6.45) is 1.83. The minimum absolute atomic E-state index is 0.749. The lowest BCUT2D eigenvalue weighted by Gasteiger charge is -2.13. The number of benzene rings is 2. The second-order valence-corrected chi connectivity index (χ2v) is 5.32. The molecule has 0 aliphatic heterocycles. The lowest BCUT2D eigenvalue weighted by atomic mass is 9.99. The van der Waals surface area contributed by atoms with Crippen molar-refractivity contribution in [1.82, 2.24) is 0 Å². The Morgan fingerprint density at radius 1 is 0.652 bits per heavy atom. The van der Waals surface area contributed by atoms with Crippen molar-refractivity contribution in [2.45, 2.75) is 19.8 Å². The predicted molar refractivity (Wildman–Crippen MR) is 91.2 cm³/mol. The van der Waals surface area contributed by atoms with Crippen LogP contribution in [0, 0.1) is 6.92 Å². The highest BCUT2D eigenvalue weighted by Crippen LogP contribution is 2.32. The summed E-state index contributed by atoms with van der Waals surface area (Å²) in [4.78, 5) is 0. The van der Waals surface area contributed by atoms with E-state index >= 15 is 0 Å². The van der Waals surface area contributed by atoms with Gasteiger partial charge >= 0.3 is 0 Å². The normalized spacial score (nSPS) is 10.3. The van der Waals surface area contributed by atoms with Crippen LogP contribution in [-0.2, 0) is 12.8 Å². The Balaban J connectivity index is 2.17. The molecule has 4 heteroatoms. The molecule has 4 nitrogen and oxygen atoms in total. The van der Waals surface area contributed by atoms with Gasteiger partial charge in [-0.05, 0) is 60.7 Å². The summed E-state index contributed by atoms with van der Waals surface area (Å²) in [5, 5.41) is 0. The fourth-order valence-corrected chi connectivity index (χ4v) is 2.61. The molecule has 0 atom stereocenters. The molecule has 0 bridgehead atoms. The van der Waals surface area contributed by atoms with Crippen LogP contribution in [0.3, 0.4) is 0 Å². The Hall–Kier alpha value is -2.36. The summed E-state index contributed by atoms with van der Waals surface area (Å²) >= 11 is 0. The maximum absolute atomic E-state index is 5.39. The average Bonchev–Trinajstić information content (AvgIpc) is 2.59. The van der Waals surface area contributed by atoms with Crippen molar-refractivity contribution in [1.29, 1.82) is 0 Å². The van der Waals surface area contributed by atoms with Gasteiger partial charge in [0.2, 0.25) is 0 Å². The summed E-state index contributed by atoms with van der Waals surface area (Å²) in [6, 6.07) is 10.1. The van der Waals surface area contributed by atoms with Crippen molar-refractivity contribution in [3.63, 3.8) is 0 Å². The first-order valence-electron chi connectivity index (χ1n) is 7.55. The molecule has 0 aliphatic carbocycles. The third-order valence-electron chi connectivity index (χ3n) is 3.97. The minimum atomic E-state index is 0.749. The first-order valence-corrected chi connectivity index (χ1v) is 7.55. The number of rotatable bonds is 7. The molecule has 0 fully saturated rings. The lowest BCUT2D eigenvalue weighted by Crippen LogP contribution is -1.99. The van der Waals surface area contributed by atoms with E-state index < -0.39 is 0 Å². The van der Waals surface area contributed by atoms with Crippen LogP contribution in [0.15, 0.2) is 30.3 Å². The highest BCUT2D eigenvalue weighted by atomic mass is 16.5. The largest absolute Gasteiger partial charge is 0.493 e. The topological polar surface area (TPSA) is 36.9 Å². The van der Waals surface area contributed by atoms with E-state index in [1.807, 2.05) is 18.2 Å². The van der Waals surface area contributed by atoms with Crippen molar-refractivity contribution >= 4 is 0 Å². The Labute approximate surface area is 137 Å². The number of ether oxygens (including phenoxy) is 4. The molecule has 2 aromatic rings. The summed E-state index contributed by atoms with van der Waals surface area (Å²) in [5.74, 6) is 3.04. The molecule has 0 amide bonds. The molecule has 0 aliphatic rings. The van der Waals surface area contributed by atoms with Gasteiger partial charge in [0.1, 0.15) is 0 Å². The molecule has 0 saturated carbocycles. The molecule has 0 radical (unpaired) electrons. The van der Waals surface area contributed by atoms with Crippen molar-refractivity contribution in [3.8, 4) is 23.0 Å². The van der Waals surface area contributed by atoms with E-state index in [1.54, 1.807) is 28.4 Å². The zero-order chi connectivity index (χ0) is 16.8. The Kier molecular flexibility index (Phi) is 5.74. The van der Waals surface area contributed by atoms with Gasteiger partial charge in [-0.15, -0.1) is 0 Å². The Morgan fingerprint density at radius 2 is 1.22 bits per heavy atom. The van der Waals surface area contributed by atoms with Crippen LogP contribution in [0.4, 0.5) is 0 Å². The number of hydrogen-bond donors (Lipinski definition) is 0. The molecular formula is C19H24O4. The van der Waals surface area contributed by atoms with Crippen molar-refractivity contribution in [3.05, 3.63) is 47.0 Å². The van der Waals surface area contributed by atoms with E-state index in [-0.39, 0.29) is 0 Å². The average molecular weight is 316 g/mol. The predicted octanol–water partition coefficient (Wildman–Crippen LogP) is 3.81. The smallest absolute Gasteiger partial charge is 0.161 e. The van der Waals surface area contributed by atoms with Crippen LogP contribution >= 0.6 is 0 Å². The molecular weight excluding hydrogens is 292 g/mol. The van der Waals surface area contributed by atoms with Crippen LogP contribution in [0.25, 0.3) is 0 Å². The van der Waals surface area contributed by atoms with Crippen molar-refractivity contribution in [2.75, 3.05) is 28.4 Å². The second-order valence-electron chi connectivity index (χ2n) is 5.32. The molecule has 0 unspecified atom stereocenters. The van der Waals surface area contributed by atoms with Crippen LogP contribution in [0.1, 0.15) is 16.7 Å². The van der Waals surface area contributed by atoms with Crippen LogP contribution in [0.2, 0.25) is 0 Å². The Morgan fingerprint density at radius 3 is 1.83 bits per heavy atom. The van der Waals surface area contributed by atoms with E-state index in [4.69, 9.17) is 18.9 Å². The highest BCUT2D eigenvalue weighted by molar-refractivity contribution is 5.48. The van der Waals surface area contributed by atoms with Crippen LogP contribution < -0.4 is 18.9 Å². The summed E-state index contributed by atoms with van der Waals surface area (Å²) < 4.78 is 21.4. The Bertz CT molecular complexity index is 665. The van der Waals surface area contributed by atoms with Crippen molar-refractivity contribution in [2.24, 2.45) is 0 Å². The van der Waals surface area contributed by atoms with Gasteiger partial charge in [0.05, 0.1) is 28.4 Å². The molecule has 0 aromatic heterocycles. The van der Waals surface area contributed by atoms with Gasteiger partial charge in [-0.2, -0.15) is 0 Å². The molecule has 23 heavy (non-hydrogen) atoms. The van der Waals surface area contributed by atoms with E-state index in [9.17, 15) is 0 Å². The molecule has 0 saturated heterocycles. The van der Waals surface area contributed by atoms with Crippen molar-refractivity contribution < 1.29 is 18.9 Å². The first-order chi connectivity index (χ1) is 11.1. The van der Waals surface area contributed by atoms with E-state index in [1.165, 1.54) is 16.7 Å². The first kappa shape index (κ1) is 17.0. The third kappa shape index (κ3) is 3.89. The monoisotopic (exact) mass is 316 g/mol. The zero-order valence-corrected chi connectivity index (χ0v) is 14.4. The van der Waals surface area contributed by atoms with Crippen LogP contribution in [0.5, 0.6) is 23.0 Å². The molecule has 0 spiro atoms. The summed E-state index contributed by atoms with van der Waals surface area (Å²) in [6.45, 7) is 2.09. The molecule has 0 heterocycles. The quantitative estimate of drug-likeness (QED) is 0.778. The van der Waals surface area contributed by atoms with E-state index in [2.05, 4.69) is 19.1 Å². The van der Waals surface area contributed by atoms with Gasteiger partial charge < -0.3 is 18.9 Å². The highest BCUT2D eigenvalue weighted by Gasteiger charge is 2.10. The van der Waals surface area contributed by atoms with Crippen LogP contribution in [-0.4, -0.2) is 28.4 Å². The third-order valence-corrected chi connectivity index (χ3v) is 3.97. The number of methoxy groups -OCH3 is 4. The van der Waals surface area contributed by atoms with Gasteiger partial charge in [0, 0.05) is 0 Å². The number of hydrogen-bond acceptors (Lipinski definition) is 4. The van der Waals surface area contributed by atoms with Gasteiger partial charge in [-0.25, -0.2) is 0 Å². The maximum Gasteiger partial charge on any atom is 0.161 e. The SMILES string of the molecule is COc1ccc(CCc2cc(OC)c(OC)cc2C)cc1OC. The summed E-state index contributed by atoms with van der Waals surface area (Å²) in [7, 11) is 6.61. The van der Waals surface area contributed by atoms with E-state index in [0.29, 0.717) is 0 Å². The van der Waals surface area contributed by atoms with Gasteiger partial charge in [-0.3, -0.25) is 0 Å². The molecule has 2 rings (SSSR count). The molecule has 2 aromatic carbocycles. The fourth-order valence-electron chi connectivity index (χ4n) is 2.61. The fraction of sp³-hybridized carbons (Fsp3) is 0.368. The van der Waals surface area contributed by atoms with Gasteiger partial charge in [0.25, 0.3) is 0 Å². The number of aryl methyl sites for hydroxylation is 3. The molecule has 124 valence electrons. The second kappa shape index (κ2) is 7.77. The van der Waals surface area contributed by atoms with Gasteiger partial charge in [-0.1, -0.05) is 6.07 Å². The summed E-state index contributed by atoms with van der Waals surface area (Å²) in [5.41, 5.74) is 3.65. The minimum Gasteiger partial charge on any atom is -0.493 e. The zero-order valence-electron chi connectivity index (χ0n) is 14.4. The van der Waals surface area contributed by atoms with E-state index in [0.717, 1.165) is 35.8 Å². The van der Waals surface area contributed by atoms with Gasteiger partial charge in [0.15, 0.2) is 23.0 Å².